The second-order valence-corrected chi connectivity index (χ2v) is 14.7. The van der Waals surface area contributed by atoms with Crippen LogP contribution in [-0.4, -0.2) is 62.8 Å². The summed E-state index contributed by atoms with van der Waals surface area (Å²) in [5.74, 6) is -0.287. The van der Waals surface area contributed by atoms with Crippen molar-refractivity contribution in [2.75, 3.05) is 30.8 Å². The van der Waals surface area contributed by atoms with E-state index in [-0.39, 0.29) is 18.7 Å². The minimum Gasteiger partial charge on any atom is -0.375 e. The number of thiophene rings is 1. The van der Waals surface area contributed by atoms with E-state index in [4.69, 9.17) is 20.7 Å². The Bertz CT molecular complexity index is 1740. The fourth-order valence-electron chi connectivity index (χ4n) is 4.34. The third-order valence-electron chi connectivity index (χ3n) is 6.71. The Kier molecular flexibility index (Phi) is 9.89. The van der Waals surface area contributed by atoms with Crippen molar-refractivity contribution >= 4 is 70.2 Å². The van der Waals surface area contributed by atoms with E-state index in [9.17, 15) is 16.8 Å². The van der Waals surface area contributed by atoms with Gasteiger partial charge in [0.2, 0.25) is 0 Å². The van der Waals surface area contributed by atoms with E-state index in [1.165, 1.54) is 6.92 Å². The summed E-state index contributed by atoms with van der Waals surface area (Å²) in [5, 5.41) is 0.834. The number of nitrogens with zero attached hydrogens (tertiary/aromatic N) is 2. The zero-order valence-electron chi connectivity index (χ0n) is 22.6. The summed E-state index contributed by atoms with van der Waals surface area (Å²) >= 11 is 7.90. The molecule has 0 bridgehead atoms. The lowest BCUT2D eigenvalue weighted by molar-refractivity contribution is 0.466. The van der Waals surface area contributed by atoms with Crippen LogP contribution < -0.4 is 4.90 Å². The van der Waals surface area contributed by atoms with Crippen molar-refractivity contribution in [3.63, 3.8) is 0 Å². The number of fused-ring (bicyclic) bond motifs is 1. The molecule has 0 radical (unpaired) electrons. The first-order chi connectivity index (χ1) is 19.3. The molecule has 41 heavy (non-hydrogen) atoms. The largest absolute Gasteiger partial charge is 0.375 e. The predicted octanol–water partition coefficient (Wildman–Crippen LogP) is 6.30. The molecule has 1 aliphatic carbocycles. The monoisotopic (exact) mass is 634 g/mol. The maximum atomic E-state index is 11.3. The first-order valence-electron chi connectivity index (χ1n) is 12.9. The molecular weight excluding hydrogens is 604 g/mol. The lowest BCUT2D eigenvalue weighted by Gasteiger charge is -2.20. The molecule has 0 amide bonds. The molecule has 0 spiro atoms. The van der Waals surface area contributed by atoms with Crippen molar-refractivity contribution in [2.45, 2.75) is 25.0 Å². The highest BCUT2D eigenvalue weighted by atomic mass is 35.5. The maximum Gasteiger partial charge on any atom is 0.267 e. The van der Waals surface area contributed by atoms with Gasteiger partial charge in [0.25, 0.3) is 20.2 Å². The molecule has 12 heteroatoms. The Labute approximate surface area is 249 Å². The summed E-state index contributed by atoms with van der Waals surface area (Å²) in [7, 11) is -6.20. The van der Waals surface area contributed by atoms with Crippen molar-refractivity contribution in [3.8, 4) is 0 Å². The Morgan fingerprint density at radius 3 is 2.32 bits per heavy atom. The average molecular weight is 635 g/mol. The lowest BCUT2D eigenvalue weighted by Crippen LogP contribution is -2.21. The van der Waals surface area contributed by atoms with Crippen LogP contribution in [0, 0.1) is 0 Å². The Hall–Kier alpha value is -2.80. The fourth-order valence-corrected chi connectivity index (χ4v) is 6.55. The van der Waals surface area contributed by atoms with Crippen LogP contribution in [0.4, 0.5) is 5.69 Å². The molecule has 1 aromatic heterocycles. The number of rotatable bonds is 11. The van der Waals surface area contributed by atoms with Crippen LogP contribution in [0.2, 0.25) is 5.02 Å². The van der Waals surface area contributed by atoms with E-state index in [2.05, 4.69) is 11.1 Å². The van der Waals surface area contributed by atoms with Gasteiger partial charge in [0.1, 0.15) is 0 Å². The number of halogens is 1. The summed E-state index contributed by atoms with van der Waals surface area (Å²) in [6.45, 7) is 2.20. The topological polar surface area (TPSA) is 124 Å². The second-order valence-electron chi connectivity index (χ2n) is 9.82. The number of hydrogen-bond donors (Lipinski definition) is 2. The molecule has 3 aromatic rings. The van der Waals surface area contributed by atoms with Crippen LogP contribution in [0.15, 0.2) is 83.4 Å². The first kappa shape index (κ1) is 31.1. The molecule has 2 aromatic carbocycles. The first-order valence-corrected chi connectivity index (χ1v) is 17.2. The van der Waals surface area contributed by atoms with Crippen molar-refractivity contribution in [1.82, 2.24) is 0 Å². The fraction of sp³-hybridized carbons (Fsp3) is 0.276. The third-order valence-corrected chi connectivity index (χ3v) is 10.1. The quantitative estimate of drug-likeness (QED) is 0.237. The second kappa shape index (κ2) is 13.0. The maximum absolute atomic E-state index is 11.3. The lowest BCUT2D eigenvalue weighted by atomic mass is 9.94. The molecule has 0 fully saturated rings. The Morgan fingerprint density at radius 1 is 1.00 bits per heavy atom. The third kappa shape index (κ3) is 8.60. The van der Waals surface area contributed by atoms with Crippen molar-refractivity contribution in [2.24, 2.45) is 4.99 Å². The number of hydrogen-bond acceptors (Lipinski definition) is 7. The molecule has 218 valence electrons. The minimum absolute atomic E-state index is 0.221. The highest BCUT2D eigenvalue weighted by molar-refractivity contribution is 7.86. The molecule has 1 aliphatic rings. The normalized spacial score (nSPS) is 14.5. The van der Waals surface area contributed by atoms with Gasteiger partial charge in [-0.3, -0.25) is 14.1 Å². The van der Waals surface area contributed by atoms with Gasteiger partial charge in [-0.05, 0) is 84.8 Å². The standard InChI is InChI=1S/C29H31ClN2O6S3/c1-20(41(36,37)38)14-15-31-25-9-4-21(5-10-25)29(28-19-23-18-24(30)8-13-27(23)39-28)22-6-11-26(12-7-22)32(2)16-3-17-40(33,34)35/h4-13,18-20H,3,14-17H2,1-2H3,(H,33,34,35)(H,36,37,38). The average Bonchev–Trinajstić information content (AvgIpc) is 3.31. The number of benzene rings is 2. The zero-order chi connectivity index (χ0) is 29.8. The summed E-state index contributed by atoms with van der Waals surface area (Å²) in [4.78, 5) is 7.46. The molecule has 8 nitrogen and oxygen atoms in total. The smallest absolute Gasteiger partial charge is 0.267 e. The van der Waals surface area contributed by atoms with E-state index in [0.29, 0.717) is 23.7 Å². The van der Waals surface area contributed by atoms with Gasteiger partial charge >= 0.3 is 0 Å². The van der Waals surface area contributed by atoms with Gasteiger partial charge in [-0.1, -0.05) is 35.9 Å². The van der Waals surface area contributed by atoms with Gasteiger partial charge in [-0.2, -0.15) is 16.8 Å². The highest BCUT2D eigenvalue weighted by Gasteiger charge is 2.17. The van der Waals surface area contributed by atoms with Gasteiger partial charge < -0.3 is 4.90 Å². The van der Waals surface area contributed by atoms with Gasteiger partial charge in [0.15, 0.2) is 0 Å². The Balaban J connectivity index is 1.63. The Morgan fingerprint density at radius 2 is 1.68 bits per heavy atom. The van der Waals surface area contributed by atoms with E-state index in [1.54, 1.807) is 11.3 Å². The van der Waals surface area contributed by atoms with E-state index < -0.39 is 25.5 Å². The van der Waals surface area contributed by atoms with Crippen LogP contribution in [0.1, 0.15) is 30.2 Å². The van der Waals surface area contributed by atoms with E-state index in [0.717, 1.165) is 37.4 Å². The van der Waals surface area contributed by atoms with Crippen molar-refractivity contribution in [3.05, 3.63) is 93.9 Å². The number of allylic oxidation sites excluding steroid dienone is 5. The van der Waals surface area contributed by atoms with E-state index >= 15 is 0 Å². The van der Waals surface area contributed by atoms with Crippen LogP contribution in [0.5, 0.6) is 0 Å². The molecule has 0 aliphatic heterocycles. The number of anilines is 1. The van der Waals surface area contributed by atoms with Gasteiger partial charge in [0, 0.05) is 46.0 Å². The summed E-state index contributed by atoms with van der Waals surface area (Å²) < 4.78 is 63.9. The molecule has 0 saturated heterocycles. The molecule has 2 N–H and O–H groups in total. The van der Waals surface area contributed by atoms with Gasteiger partial charge in [-0.25, -0.2) is 0 Å². The SMILES string of the molecule is CC(CCN=C1C=CC(=C(c2ccc(N(C)CCCS(=O)(=O)O)cc2)c2cc3cc(Cl)ccc3s2)C=C1)S(=O)(=O)O. The van der Waals surface area contributed by atoms with Crippen LogP contribution in [0.3, 0.4) is 0 Å². The predicted molar refractivity (Wildman–Crippen MR) is 170 cm³/mol. The van der Waals surface area contributed by atoms with Crippen LogP contribution in [-0.2, 0) is 20.2 Å². The van der Waals surface area contributed by atoms with Gasteiger partial charge in [-0.15, -0.1) is 11.3 Å². The van der Waals surface area contributed by atoms with Crippen molar-refractivity contribution < 1.29 is 25.9 Å². The molecule has 1 heterocycles. The zero-order valence-corrected chi connectivity index (χ0v) is 25.8. The highest BCUT2D eigenvalue weighted by Crippen LogP contribution is 2.38. The minimum atomic E-state index is -4.08. The summed E-state index contributed by atoms with van der Waals surface area (Å²) in [5.41, 5.74) is 4.61. The van der Waals surface area contributed by atoms with Crippen LogP contribution >= 0.6 is 22.9 Å². The molecular formula is C29H31ClN2O6S3. The molecule has 1 unspecified atom stereocenters. The molecule has 1 atom stereocenters. The summed E-state index contributed by atoms with van der Waals surface area (Å²) in [6, 6.07) is 15.9. The van der Waals surface area contributed by atoms with E-state index in [1.807, 2.05) is 78.7 Å². The molecule has 0 saturated carbocycles. The van der Waals surface area contributed by atoms with Gasteiger partial charge in [0.05, 0.1) is 16.7 Å². The van der Waals surface area contributed by atoms with Crippen LogP contribution in [0.25, 0.3) is 15.7 Å². The molecule has 4 rings (SSSR count). The van der Waals surface area contributed by atoms with Crippen molar-refractivity contribution in [1.29, 1.82) is 0 Å². The number of aliphatic imine (C=N–C) groups is 1. The summed E-state index contributed by atoms with van der Waals surface area (Å²) in [6.07, 6.45) is 8.26.